The number of fused-ring (bicyclic) bond motifs is 4. The van der Waals surface area contributed by atoms with Crippen LogP contribution in [0.15, 0.2) is 73.1 Å². The summed E-state index contributed by atoms with van der Waals surface area (Å²) in [5.41, 5.74) is 5.82. The molecule has 0 unspecified atom stereocenters. The number of benzene rings is 2. The highest BCUT2D eigenvalue weighted by molar-refractivity contribution is 6.02. The van der Waals surface area contributed by atoms with Crippen LogP contribution in [0, 0.1) is 0 Å². The lowest BCUT2D eigenvalue weighted by Crippen LogP contribution is -1.99. The Kier molecular flexibility index (Phi) is 4.65. The van der Waals surface area contributed by atoms with Gasteiger partial charge in [-0.1, -0.05) is 36.4 Å². The Labute approximate surface area is 162 Å². The van der Waals surface area contributed by atoms with E-state index in [4.69, 9.17) is 9.97 Å². The molecule has 2 aromatic carbocycles. The van der Waals surface area contributed by atoms with Crippen LogP contribution in [0.4, 0.5) is 0 Å². The summed E-state index contributed by atoms with van der Waals surface area (Å²) in [6.45, 7) is 0. The van der Waals surface area contributed by atoms with Gasteiger partial charge in [0.25, 0.3) is 0 Å². The van der Waals surface area contributed by atoms with E-state index in [-0.39, 0.29) is 12.4 Å². The zero-order valence-electron chi connectivity index (χ0n) is 14.5. The minimum Gasteiger partial charge on any atom is -0.254 e. The minimum atomic E-state index is 0. The number of halogens is 1. The molecule has 0 bridgehead atoms. The number of aryl methyl sites for hydroxylation is 2. The maximum Gasteiger partial charge on any atom is 0.0967 e. The molecule has 0 aliphatic heterocycles. The van der Waals surface area contributed by atoms with Gasteiger partial charge in [-0.05, 0) is 37.1 Å². The molecule has 0 atom stereocenters. The van der Waals surface area contributed by atoms with Crippen molar-refractivity contribution < 1.29 is 0 Å². The van der Waals surface area contributed by atoms with E-state index in [1.807, 2.05) is 42.7 Å². The standard InChI is InChI=1S/C22H16N4.ClH/c1-2-6-20-19(5-1)24-14-18(25-20)12-11-17-10-9-16-8-7-15-4-3-13-23-21(15)22(16)26-17;/h1-10,13-14H,11-12H2;1H. The highest BCUT2D eigenvalue weighted by Crippen LogP contribution is 2.22. The van der Waals surface area contributed by atoms with E-state index in [1.54, 1.807) is 0 Å². The fraction of sp³-hybridized carbons (Fsp3) is 0.0909. The van der Waals surface area contributed by atoms with Crippen molar-refractivity contribution in [2.24, 2.45) is 0 Å². The van der Waals surface area contributed by atoms with E-state index >= 15 is 0 Å². The van der Waals surface area contributed by atoms with Crippen LogP contribution in [0.5, 0.6) is 0 Å². The van der Waals surface area contributed by atoms with Gasteiger partial charge in [-0.2, -0.15) is 0 Å². The average molecular weight is 373 g/mol. The second-order valence-electron chi connectivity index (χ2n) is 6.37. The fourth-order valence-corrected chi connectivity index (χ4v) is 3.28. The third kappa shape index (κ3) is 3.32. The molecule has 5 rings (SSSR count). The number of aromatic nitrogens is 4. The van der Waals surface area contributed by atoms with Gasteiger partial charge in [0.2, 0.25) is 0 Å². The molecule has 0 amide bonds. The van der Waals surface area contributed by atoms with Gasteiger partial charge in [0, 0.05) is 28.9 Å². The Hall–Kier alpha value is -3.11. The first-order valence-electron chi connectivity index (χ1n) is 8.71. The lowest BCUT2D eigenvalue weighted by atomic mass is 10.1. The van der Waals surface area contributed by atoms with Crippen LogP contribution in [0.3, 0.4) is 0 Å². The Morgan fingerprint density at radius 3 is 2.22 bits per heavy atom. The Morgan fingerprint density at radius 2 is 1.33 bits per heavy atom. The molecule has 3 aromatic heterocycles. The van der Waals surface area contributed by atoms with Gasteiger partial charge in [-0.25, -0.2) is 4.98 Å². The quantitative estimate of drug-likeness (QED) is 0.421. The Morgan fingerprint density at radius 1 is 0.593 bits per heavy atom. The summed E-state index contributed by atoms with van der Waals surface area (Å²) >= 11 is 0. The summed E-state index contributed by atoms with van der Waals surface area (Å²) in [7, 11) is 0. The van der Waals surface area contributed by atoms with E-state index < -0.39 is 0 Å². The third-order valence-corrected chi connectivity index (χ3v) is 4.63. The SMILES string of the molecule is Cl.c1cnc2c(c1)ccc1ccc(CCc3cnc4ccccc4n3)nc12. The monoisotopic (exact) mass is 372 g/mol. The van der Waals surface area contributed by atoms with Crippen molar-refractivity contribution in [3.8, 4) is 0 Å². The molecule has 27 heavy (non-hydrogen) atoms. The van der Waals surface area contributed by atoms with E-state index in [9.17, 15) is 0 Å². The molecule has 0 aliphatic rings. The Balaban J connectivity index is 0.00000180. The van der Waals surface area contributed by atoms with Gasteiger partial charge in [0.15, 0.2) is 0 Å². The first-order valence-corrected chi connectivity index (χ1v) is 8.71. The Bertz CT molecular complexity index is 1250. The third-order valence-electron chi connectivity index (χ3n) is 4.63. The molecule has 132 valence electrons. The molecular weight excluding hydrogens is 356 g/mol. The lowest BCUT2D eigenvalue weighted by Gasteiger charge is -2.06. The normalized spacial score (nSPS) is 11.0. The predicted molar refractivity (Wildman–Crippen MR) is 111 cm³/mol. The molecule has 0 aliphatic carbocycles. The molecule has 4 nitrogen and oxygen atoms in total. The van der Waals surface area contributed by atoms with Crippen LogP contribution in [0.2, 0.25) is 0 Å². The molecule has 5 aromatic rings. The number of rotatable bonds is 3. The first-order chi connectivity index (χ1) is 12.9. The van der Waals surface area contributed by atoms with Gasteiger partial charge in [0.05, 0.1) is 27.8 Å². The highest BCUT2D eigenvalue weighted by Gasteiger charge is 2.06. The van der Waals surface area contributed by atoms with Gasteiger partial charge >= 0.3 is 0 Å². The molecule has 0 saturated heterocycles. The molecule has 0 N–H and O–H groups in total. The smallest absolute Gasteiger partial charge is 0.0967 e. The van der Waals surface area contributed by atoms with Gasteiger partial charge in [-0.15, -0.1) is 12.4 Å². The summed E-state index contributed by atoms with van der Waals surface area (Å²) in [6, 6.07) is 20.4. The first kappa shape index (κ1) is 17.3. The average Bonchev–Trinajstić information content (AvgIpc) is 2.72. The van der Waals surface area contributed by atoms with Crippen LogP contribution in [-0.2, 0) is 12.8 Å². The summed E-state index contributed by atoms with van der Waals surface area (Å²) in [5, 5.41) is 2.23. The van der Waals surface area contributed by atoms with Gasteiger partial charge < -0.3 is 0 Å². The van der Waals surface area contributed by atoms with Crippen molar-refractivity contribution >= 4 is 45.2 Å². The molecule has 5 heteroatoms. The second-order valence-corrected chi connectivity index (χ2v) is 6.37. The molecule has 0 fully saturated rings. The van der Waals surface area contributed by atoms with Crippen LogP contribution in [0.1, 0.15) is 11.4 Å². The molecule has 0 spiro atoms. The van der Waals surface area contributed by atoms with Gasteiger partial charge in [-0.3, -0.25) is 15.0 Å². The van der Waals surface area contributed by atoms with E-state index in [1.165, 1.54) is 0 Å². The van der Waals surface area contributed by atoms with Crippen molar-refractivity contribution in [1.82, 2.24) is 19.9 Å². The second kappa shape index (κ2) is 7.25. The van der Waals surface area contributed by atoms with E-state index in [0.29, 0.717) is 0 Å². The highest BCUT2D eigenvalue weighted by atomic mass is 35.5. The van der Waals surface area contributed by atoms with E-state index in [0.717, 1.165) is 57.1 Å². The number of para-hydroxylation sites is 2. The summed E-state index contributed by atoms with van der Waals surface area (Å²) in [5.74, 6) is 0. The van der Waals surface area contributed by atoms with Crippen molar-refractivity contribution in [2.75, 3.05) is 0 Å². The van der Waals surface area contributed by atoms with Crippen molar-refractivity contribution in [2.45, 2.75) is 12.8 Å². The van der Waals surface area contributed by atoms with E-state index in [2.05, 4.69) is 40.3 Å². The van der Waals surface area contributed by atoms with Crippen molar-refractivity contribution in [3.05, 3.63) is 84.4 Å². The maximum atomic E-state index is 4.87. The summed E-state index contributed by atoms with van der Waals surface area (Å²) in [6.07, 6.45) is 5.32. The zero-order valence-corrected chi connectivity index (χ0v) is 15.4. The molecule has 0 saturated carbocycles. The number of pyridine rings is 2. The van der Waals surface area contributed by atoms with Crippen LogP contribution < -0.4 is 0 Å². The van der Waals surface area contributed by atoms with Crippen molar-refractivity contribution in [3.63, 3.8) is 0 Å². The maximum absolute atomic E-state index is 4.87. The minimum absolute atomic E-state index is 0. The topological polar surface area (TPSA) is 51.6 Å². The number of hydrogen-bond donors (Lipinski definition) is 0. The molecular formula is C22H17ClN4. The summed E-state index contributed by atoms with van der Waals surface area (Å²) < 4.78 is 0. The number of nitrogens with zero attached hydrogens (tertiary/aromatic N) is 4. The predicted octanol–water partition coefficient (Wildman–Crippen LogP) is 4.93. The van der Waals surface area contributed by atoms with Crippen LogP contribution in [-0.4, -0.2) is 19.9 Å². The van der Waals surface area contributed by atoms with Crippen molar-refractivity contribution in [1.29, 1.82) is 0 Å². The molecule has 0 radical (unpaired) electrons. The fourth-order valence-electron chi connectivity index (χ4n) is 3.28. The van der Waals surface area contributed by atoms with Gasteiger partial charge in [0.1, 0.15) is 0 Å². The number of hydrogen-bond acceptors (Lipinski definition) is 4. The van der Waals surface area contributed by atoms with Crippen LogP contribution >= 0.6 is 12.4 Å². The largest absolute Gasteiger partial charge is 0.254 e. The lowest BCUT2D eigenvalue weighted by molar-refractivity contribution is 0.885. The zero-order chi connectivity index (χ0) is 17.3. The summed E-state index contributed by atoms with van der Waals surface area (Å²) in [4.78, 5) is 18.6. The van der Waals surface area contributed by atoms with Crippen LogP contribution in [0.25, 0.3) is 32.8 Å². The molecule has 3 heterocycles.